The molecule has 1 aromatic rings. The normalized spacial score (nSPS) is 21.0. The fraction of sp³-hybridized carbons (Fsp3) is 0.600. The van der Waals surface area contributed by atoms with Crippen molar-refractivity contribution in [3.63, 3.8) is 0 Å². The van der Waals surface area contributed by atoms with E-state index in [1.54, 1.807) is 7.11 Å². The van der Waals surface area contributed by atoms with E-state index < -0.39 is 17.8 Å². The van der Waals surface area contributed by atoms with Gasteiger partial charge in [-0.2, -0.15) is 12.6 Å². The lowest BCUT2D eigenvalue weighted by atomic mass is 9.85. The van der Waals surface area contributed by atoms with Crippen molar-refractivity contribution in [3.8, 4) is 5.75 Å². The van der Waals surface area contributed by atoms with Crippen molar-refractivity contribution in [1.82, 2.24) is 10.6 Å². The summed E-state index contributed by atoms with van der Waals surface area (Å²) in [5.41, 5.74) is 0.569. The number of carbonyl (C=O) groups excluding carboxylic acids is 2. The van der Waals surface area contributed by atoms with E-state index in [1.807, 2.05) is 38.1 Å². The molecule has 28 heavy (non-hydrogen) atoms. The predicted molar refractivity (Wildman–Crippen MR) is 110 cm³/mol. The average molecular weight is 411 g/mol. The third-order valence-electron chi connectivity index (χ3n) is 4.52. The summed E-state index contributed by atoms with van der Waals surface area (Å²) >= 11 is 4.04. The summed E-state index contributed by atoms with van der Waals surface area (Å²) in [5.74, 6) is 1.03. The number of amides is 2. The van der Waals surface area contributed by atoms with Gasteiger partial charge in [0.2, 0.25) is 11.8 Å². The molecule has 0 saturated carbocycles. The molecule has 1 unspecified atom stereocenters. The number of hydrogen-bond donors (Lipinski definition) is 3. The standard InChI is InChI=1S/C20H30N2O5S/c1-20(2)13-26-17(12-14-4-6-15(25-3)7-5-14)27-18(20)19(24)22-9-8-16(23)21-10-11-28/h4-7,17-18,28H,8-13H2,1-3H3,(H,21,23)(H,22,24)/t17?,18-/m0/s1. The zero-order valence-electron chi connectivity index (χ0n) is 16.7. The van der Waals surface area contributed by atoms with Crippen LogP contribution in [0.1, 0.15) is 25.8 Å². The minimum atomic E-state index is -0.648. The summed E-state index contributed by atoms with van der Waals surface area (Å²) in [6.45, 7) is 5.05. The zero-order valence-corrected chi connectivity index (χ0v) is 17.6. The zero-order chi connectivity index (χ0) is 20.6. The average Bonchev–Trinajstić information content (AvgIpc) is 2.68. The lowest BCUT2D eigenvalue weighted by Crippen LogP contribution is -2.54. The highest BCUT2D eigenvalue weighted by Crippen LogP contribution is 2.31. The van der Waals surface area contributed by atoms with Gasteiger partial charge in [0.05, 0.1) is 13.7 Å². The maximum absolute atomic E-state index is 12.6. The lowest BCUT2D eigenvalue weighted by Gasteiger charge is -2.41. The quantitative estimate of drug-likeness (QED) is 0.538. The molecule has 0 aliphatic carbocycles. The molecule has 8 heteroatoms. The molecule has 0 radical (unpaired) electrons. The first-order valence-corrected chi connectivity index (χ1v) is 10.0. The largest absolute Gasteiger partial charge is 0.497 e. The van der Waals surface area contributed by atoms with Crippen LogP contribution in [0.15, 0.2) is 24.3 Å². The molecule has 1 aliphatic rings. The number of carbonyl (C=O) groups is 2. The molecule has 1 heterocycles. The molecule has 0 bridgehead atoms. The molecule has 0 spiro atoms. The van der Waals surface area contributed by atoms with Crippen LogP contribution in [0.25, 0.3) is 0 Å². The van der Waals surface area contributed by atoms with Crippen molar-refractivity contribution >= 4 is 24.4 Å². The Labute approximate surface area is 171 Å². The second-order valence-electron chi connectivity index (χ2n) is 7.41. The monoisotopic (exact) mass is 410 g/mol. The number of nitrogens with one attached hydrogen (secondary N) is 2. The highest BCUT2D eigenvalue weighted by Gasteiger charge is 2.42. The Balaban J connectivity index is 1.87. The van der Waals surface area contributed by atoms with E-state index in [1.165, 1.54) is 0 Å². The lowest BCUT2D eigenvalue weighted by molar-refractivity contribution is -0.253. The van der Waals surface area contributed by atoms with E-state index in [2.05, 4.69) is 23.3 Å². The summed E-state index contributed by atoms with van der Waals surface area (Å²) in [6, 6.07) is 7.66. The van der Waals surface area contributed by atoms with E-state index in [9.17, 15) is 9.59 Å². The fourth-order valence-electron chi connectivity index (χ4n) is 2.91. The number of hydrogen-bond acceptors (Lipinski definition) is 6. The Morgan fingerprint density at radius 3 is 2.57 bits per heavy atom. The van der Waals surface area contributed by atoms with Gasteiger partial charge in [-0.1, -0.05) is 26.0 Å². The number of thiol groups is 1. The first kappa shape index (κ1) is 22.5. The number of rotatable bonds is 9. The van der Waals surface area contributed by atoms with Gasteiger partial charge in [0.15, 0.2) is 6.29 Å². The van der Waals surface area contributed by atoms with Crippen molar-refractivity contribution in [2.24, 2.45) is 5.41 Å². The van der Waals surface area contributed by atoms with Gasteiger partial charge in [0.25, 0.3) is 0 Å². The van der Waals surface area contributed by atoms with Gasteiger partial charge in [-0.05, 0) is 17.7 Å². The molecule has 1 saturated heterocycles. The van der Waals surface area contributed by atoms with Gasteiger partial charge in [-0.3, -0.25) is 9.59 Å². The summed E-state index contributed by atoms with van der Waals surface area (Å²) in [5, 5.41) is 5.52. The Kier molecular flexibility index (Phi) is 8.59. The van der Waals surface area contributed by atoms with Crippen LogP contribution in [-0.4, -0.2) is 56.8 Å². The van der Waals surface area contributed by atoms with E-state index >= 15 is 0 Å². The maximum Gasteiger partial charge on any atom is 0.249 e. The molecule has 1 aliphatic heterocycles. The SMILES string of the molecule is COc1ccc(CC2OCC(C)(C)[C@H](C(=O)NCCC(=O)NCCS)O2)cc1. The Morgan fingerprint density at radius 1 is 1.21 bits per heavy atom. The molecule has 2 rings (SSSR count). The van der Waals surface area contributed by atoms with Gasteiger partial charge >= 0.3 is 0 Å². The smallest absolute Gasteiger partial charge is 0.249 e. The van der Waals surface area contributed by atoms with Crippen LogP contribution in [0.3, 0.4) is 0 Å². The molecule has 1 aromatic carbocycles. The maximum atomic E-state index is 12.6. The second-order valence-corrected chi connectivity index (χ2v) is 7.86. The highest BCUT2D eigenvalue weighted by molar-refractivity contribution is 7.80. The topological polar surface area (TPSA) is 85.9 Å². The Morgan fingerprint density at radius 2 is 1.93 bits per heavy atom. The minimum Gasteiger partial charge on any atom is -0.497 e. The molecule has 2 amide bonds. The van der Waals surface area contributed by atoms with Crippen LogP contribution in [-0.2, 0) is 25.5 Å². The minimum absolute atomic E-state index is 0.112. The van der Waals surface area contributed by atoms with Gasteiger partial charge in [-0.25, -0.2) is 0 Å². The molecule has 1 fully saturated rings. The highest BCUT2D eigenvalue weighted by atomic mass is 32.1. The number of benzene rings is 1. The molecule has 156 valence electrons. The van der Waals surface area contributed by atoms with Crippen molar-refractivity contribution in [2.75, 3.05) is 32.6 Å². The summed E-state index contributed by atoms with van der Waals surface area (Å²) in [4.78, 5) is 24.3. The van der Waals surface area contributed by atoms with Gasteiger partial charge in [0, 0.05) is 37.1 Å². The van der Waals surface area contributed by atoms with E-state index in [4.69, 9.17) is 14.2 Å². The third-order valence-corrected chi connectivity index (χ3v) is 4.75. The first-order chi connectivity index (χ1) is 13.4. The number of methoxy groups -OCH3 is 1. The van der Waals surface area contributed by atoms with Gasteiger partial charge in [0.1, 0.15) is 11.9 Å². The first-order valence-electron chi connectivity index (χ1n) is 9.41. The molecule has 2 N–H and O–H groups in total. The van der Waals surface area contributed by atoms with Gasteiger partial charge < -0.3 is 24.8 Å². The Bertz CT molecular complexity index is 651. The molecular weight excluding hydrogens is 380 g/mol. The van der Waals surface area contributed by atoms with Gasteiger partial charge in [-0.15, -0.1) is 0 Å². The van der Waals surface area contributed by atoms with Crippen LogP contribution in [0.4, 0.5) is 0 Å². The fourth-order valence-corrected chi connectivity index (χ4v) is 3.02. The van der Waals surface area contributed by atoms with E-state index in [-0.39, 0.29) is 24.8 Å². The van der Waals surface area contributed by atoms with Crippen LogP contribution in [0.5, 0.6) is 5.75 Å². The molecule has 2 atom stereocenters. The van der Waals surface area contributed by atoms with E-state index in [0.717, 1.165) is 11.3 Å². The van der Waals surface area contributed by atoms with Crippen molar-refractivity contribution in [1.29, 1.82) is 0 Å². The van der Waals surface area contributed by atoms with Crippen LogP contribution >= 0.6 is 12.6 Å². The molecule has 0 aromatic heterocycles. The Hall–Kier alpha value is -1.77. The van der Waals surface area contributed by atoms with Crippen molar-refractivity contribution in [2.45, 2.75) is 39.1 Å². The molecule has 7 nitrogen and oxygen atoms in total. The summed E-state index contributed by atoms with van der Waals surface area (Å²) in [6.07, 6.45) is -0.394. The van der Waals surface area contributed by atoms with Crippen molar-refractivity contribution < 1.29 is 23.8 Å². The summed E-state index contributed by atoms with van der Waals surface area (Å²) < 4.78 is 16.9. The van der Waals surface area contributed by atoms with E-state index in [0.29, 0.717) is 25.3 Å². The second kappa shape index (κ2) is 10.7. The third kappa shape index (κ3) is 6.68. The van der Waals surface area contributed by atoms with Crippen LogP contribution in [0.2, 0.25) is 0 Å². The van der Waals surface area contributed by atoms with Crippen molar-refractivity contribution in [3.05, 3.63) is 29.8 Å². The number of ether oxygens (including phenoxy) is 3. The predicted octanol–water partition coefficient (Wildman–Crippen LogP) is 1.56. The molecular formula is C20H30N2O5S. The van der Waals surface area contributed by atoms with Crippen LogP contribution < -0.4 is 15.4 Å². The van der Waals surface area contributed by atoms with Crippen LogP contribution in [0, 0.1) is 5.41 Å². The summed E-state index contributed by atoms with van der Waals surface area (Å²) in [7, 11) is 1.62.